The van der Waals surface area contributed by atoms with Crippen molar-refractivity contribution in [1.29, 1.82) is 0 Å². The first kappa shape index (κ1) is 13.7. The molecule has 1 fully saturated rings. The number of phosphoric acid groups is 1. The van der Waals surface area contributed by atoms with Gasteiger partial charge in [-0.1, -0.05) is 18.2 Å². The third-order valence-corrected chi connectivity index (χ3v) is 5.70. The fourth-order valence-electron chi connectivity index (χ4n) is 1.56. The molecule has 1 aliphatic heterocycles. The molecule has 18 heavy (non-hydrogen) atoms. The average molecular weight is 292 g/mol. The van der Waals surface area contributed by atoms with Gasteiger partial charge in [-0.05, 0) is 12.1 Å². The van der Waals surface area contributed by atoms with Crippen LogP contribution in [0, 0.1) is 0 Å². The van der Waals surface area contributed by atoms with E-state index in [1.165, 1.54) is 19.2 Å². The molecule has 1 aromatic rings. The SMILES string of the molecule is COP1(=O)OCC(CS(=O)(=O)c2ccccc2)O1. The third-order valence-electron chi connectivity index (χ3n) is 2.43. The van der Waals surface area contributed by atoms with Crippen molar-refractivity contribution < 1.29 is 26.6 Å². The maximum Gasteiger partial charge on any atom is 0.474 e. The molecule has 2 rings (SSSR count). The van der Waals surface area contributed by atoms with Crippen LogP contribution in [0.5, 0.6) is 0 Å². The number of hydrogen-bond donors (Lipinski definition) is 0. The first-order valence-corrected chi connectivity index (χ1v) is 8.33. The van der Waals surface area contributed by atoms with Crippen LogP contribution in [0.25, 0.3) is 0 Å². The molecule has 0 radical (unpaired) electrons. The second-order valence-corrected chi connectivity index (χ2v) is 7.51. The Labute approximate surface area is 105 Å². The van der Waals surface area contributed by atoms with Gasteiger partial charge in [0.2, 0.25) is 0 Å². The van der Waals surface area contributed by atoms with E-state index >= 15 is 0 Å². The molecule has 8 heteroatoms. The van der Waals surface area contributed by atoms with E-state index in [2.05, 4.69) is 4.52 Å². The second kappa shape index (κ2) is 5.11. The van der Waals surface area contributed by atoms with Crippen LogP contribution in [0.2, 0.25) is 0 Å². The molecular weight excluding hydrogens is 279 g/mol. The van der Waals surface area contributed by atoms with Crippen LogP contribution in [0.3, 0.4) is 0 Å². The van der Waals surface area contributed by atoms with Gasteiger partial charge < -0.3 is 0 Å². The van der Waals surface area contributed by atoms with Crippen LogP contribution in [0.1, 0.15) is 0 Å². The Balaban J connectivity index is 2.09. The van der Waals surface area contributed by atoms with Crippen molar-refractivity contribution in [3.05, 3.63) is 30.3 Å². The molecule has 6 nitrogen and oxygen atoms in total. The number of rotatable bonds is 4. The van der Waals surface area contributed by atoms with Crippen LogP contribution in [0.15, 0.2) is 35.2 Å². The summed E-state index contributed by atoms with van der Waals surface area (Å²) in [6.45, 7) is -0.0584. The average Bonchev–Trinajstić information content (AvgIpc) is 2.72. The van der Waals surface area contributed by atoms with Crippen molar-refractivity contribution in [3.8, 4) is 0 Å². The predicted molar refractivity (Wildman–Crippen MR) is 63.9 cm³/mol. The zero-order chi connectivity index (χ0) is 13.2. The van der Waals surface area contributed by atoms with Gasteiger partial charge in [0.25, 0.3) is 0 Å². The van der Waals surface area contributed by atoms with Gasteiger partial charge in [-0.2, -0.15) is 0 Å². The molecule has 0 spiro atoms. The van der Waals surface area contributed by atoms with Crippen LogP contribution in [-0.4, -0.2) is 34.0 Å². The highest BCUT2D eigenvalue weighted by molar-refractivity contribution is 7.91. The molecule has 2 unspecified atom stereocenters. The zero-order valence-corrected chi connectivity index (χ0v) is 11.4. The smallest absolute Gasteiger partial charge is 0.290 e. The van der Waals surface area contributed by atoms with Gasteiger partial charge in [0, 0.05) is 7.11 Å². The van der Waals surface area contributed by atoms with E-state index in [1.807, 2.05) is 0 Å². The molecule has 0 bridgehead atoms. The van der Waals surface area contributed by atoms with Gasteiger partial charge in [-0.3, -0.25) is 13.6 Å². The molecule has 0 amide bonds. The first-order chi connectivity index (χ1) is 8.45. The monoisotopic (exact) mass is 292 g/mol. The molecule has 100 valence electrons. The molecule has 0 N–H and O–H groups in total. The van der Waals surface area contributed by atoms with Gasteiger partial charge in [0.1, 0.15) is 6.10 Å². The highest BCUT2D eigenvalue weighted by Gasteiger charge is 2.39. The van der Waals surface area contributed by atoms with E-state index in [4.69, 9.17) is 9.05 Å². The fraction of sp³-hybridized carbons (Fsp3) is 0.400. The number of benzene rings is 1. The van der Waals surface area contributed by atoms with Crippen LogP contribution in [0.4, 0.5) is 0 Å². The Morgan fingerprint density at radius 2 is 2.06 bits per heavy atom. The summed E-state index contributed by atoms with van der Waals surface area (Å²) in [6.07, 6.45) is -0.777. The van der Waals surface area contributed by atoms with E-state index in [9.17, 15) is 13.0 Å². The quantitative estimate of drug-likeness (QED) is 0.785. The molecule has 1 aliphatic rings. The number of phosphoric ester groups is 1. The number of hydrogen-bond acceptors (Lipinski definition) is 6. The summed E-state index contributed by atoms with van der Waals surface area (Å²) >= 11 is 0. The maximum absolute atomic E-state index is 12.0. The summed E-state index contributed by atoms with van der Waals surface area (Å²) in [7, 11) is -5.84. The van der Waals surface area contributed by atoms with E-state index in [1.54, 1.807) is 18.2 Å². The minimum atomic E-state index is -3.55. The summed E-state index contributed by atoms with van der Waals surface area (Å²) in [5.41, 5.74) is 0. The van der Waals surface area contributed by atoms with Crippen molar-refractivity contribution in [2.24, 2.45) is 0 Å². The molecule has 0 aromatic heterocycles. The first-order valence-electron chi connectivity index (χ1n) is 5.22. The van der Waals surface area contributed by atoms with Gasteiger partial charge >= 0.3 is 7.82 Å². The largest absolute Gasteiger partial charge is 0.474 e. The van der Waals surface area contributed by atoms with E-state index in [-0.39, 0.29) is 17.3 Å². The minimum absolute atomic E-state index is 0.0584. The van der Waals surface area contributed by atoms with E-state index in [0.717, 1.165) is 0 Å². The standard InChI is InChI=1S/C10H13O6PS/c1-14-17(11)15-7-9(16-17)8-18(12,13)10-5-3-2-4-6-10/h2-6,9H,7-8H2,1H3. The van der Waals surface area contributed by atoms with Gasteiger partial charge in [-0.25, -0.2) is 13.0 Å². The molecule has 1 saturated heterocycles. The highest BCUT2D eigenvalue weighted by atomic mass is 32.2. The van der Waals surface area contributed by atoms with Crippen LogP contribution < -0.4 is 0 Å². The van der Waals surface area contributed by atoms with Crippen molar-refractivity contribution >= 4 is 17.7 Å². The van der Waals surface area contributed by atoms with E-state index in [0.29, 0.717) is 0 Å². The molecule has 0 aliphatic carbocycles. The van der Waals surface area contributed by atoms with Crippen molar-refractivity contribution in [1.82, 2.24) is 0 Å². The van der Waals surface area contributed by atoms with Crippen LogP contribution in [-0.2, 0) is 28.0 Å². The van der Waals surface area contributed by atoms with Crippen molar-refractivity contribution in [2.75, 3.05) is 19.5 Å². The highest BCUT2D eigenvalue weighted by Crippen LogP contribution is 2.54. The summed E-state index contributed by atoms with van der Waals surface area (Å²) in [6, 6.07) is 8.01. The predicted octanol–water partition coefficient (Wildman–Crippen LogP) is 1.63. The molecule has 2 atom stereocenters. The summed E-state index contributed by atoms with van der Waals surface area (Å²) in [4.78, 5) is 0.202. The second-order valence-electron chi connectivity index (χ2n) is 3.75. The topological polar surface area (TPSA) is 78.9 Å². The summed E-state index contributed by atoms with van der Waals surface area (Å²) in [5, 5.41) is 0. The van der Waals surface area contributed by atoms with Crippen LogP contribution >= 0.6 is 7.82 Å². The van der Waals surface area contributed by atoms with Gasteiger partial charge in [-0.15, -0.1) is 0 Å². The summed E-state index contributed by atoms with van der Waals surface area (Å²) in [5.74, 6) is -0.287. The Bertz CT molecular complexity index is 555. The van der Waals surface area contributed by atoms with E-state index < -0.39 is 23.8 Å². The lowest BCUT2D eigenvalue weighted by molar-refractivity contribution is 0.207. The Morgan fingerprint density at radius 3 is 2.61 bits per heavy atom. The molecule has 0 saturated carbocycles. The molecule has 1 heterocycles. The normalized spacial score (nSPS) is 28.4. The fourth-order valence-corrected chi connectivity index (χ4v) is 4.18. The van der Waals surface area contributed by atoms with Gasteiger partial charge in [0.15, 0.2) is 9.84 Å². The third kappa shape index (κ3) is 2.99. The Morgan fingerprint density at radius 1 is 1.39 bits per heavy atom. The Hall–Kier alpha value is -0.720. The lowest BCUT2D eigenvalue weighted by Gasteiger charge is -2.09. The van der Waals surface area contributed by atoms with Crippen molar-refractivity contribution in [3.63, 3.8) is 0 Å². The summed E-state index contributed by atoms with van der Waals surface area (Å²) < 4.78 is 50.0. The maximum atomic E-state index is 12.0. The van der Waals surface area contributed by atoms with Gasteiger partial charge in [0.05, 0.1) is 17.3 Å². The lowest BCUT2D eigenvalue weighted by atomic mass is 10.4. The zero-order valence-electron chi connectivity index (χ0n) is 9.68. The Kier molecular flexibility index (Phi) is 3.89. The molecule has 1 aromatic carbocycles. The lowest BCUT2D eigenvalue weighted by Crippen LogP contribution is -2.22. The number of sulfone groups is 1. The van der Waals surface area contributed by atoms with Crippen molar-refractivity contribution in [2.45, 2.75) is 11.0 Å². The molecular formula is C10H13O6PS. The minimum Gasteiger partial charge on any atom is -0.290 e.